The second kappa shape index (κ2) is 7.22. The molecule has 0 unspecified atom stereocenters. The highest BCUT2D eigenvalue weighted by molar-refractivity contribution is 9.10. The van der Waals surface area contributed by atoms with Crippen molar-refractivity contribution in [1.29, 1.82) is 0 Å². The van der Waals surface area contributed by atoms with Crippen molar-refractivity contribution in [3.8, 4) is 10.6 Å². The van der Waals surface area contributed by atoms with Crippen LogP contribution in [0.1, 0.15) is 28.4 Å². The number of H-pyrrole nitrogens is 1. The van der Waals surface area contributed by atoms with Crippen LogP contribution in [0.2, 0.25) is 0 Å². The van der Waals surface area contributed by atoms with E-state index in [-0.39, 0.29) is 5.56 Å². The van der Waals surface area contributed by atoms with E-state index in [2.05, 4.69) is 30.9 Å². The third kappa shape index (κ3) is 3.26. The van der Waals surface area contributed by atoms with Gasteiger partial charge < -0.3 is 4.98 Å². The SMILES string of the molecule is O=c1[nH]c(/C(Cl)=C/c2csc(-c3cccc(Br)c3)n2)nc2sc3c(c12)CCC3. The number of benzene rings is 1. The van der Waals surface area contributed by atoms with Crippen molar-refractivity contribution < 1.29 is 0 Å². The average molecular weight is 491 g/mol. The first-order valence-electron chi connectivity index (χ1n) is 8.72. The van der Waals surface area contributed by atoms with Crippen molar-refractivity contribution in [1.82, 2.24) is 15.0 Å². The zero-order valence-electron chi connectivity index (χ0n) is 14.5. The van der Waals surface area contributed by atoms with E-state index in [1.54, 1.807) is 28.7 Å². The van der Waals surface area contributed by atoms with Crippen molar-refractivity contribution in [2.75, 3.05) is 0 Å². The number of aromatic nitrogens is 3. The molecule has 0 fully saturated rings. The standard InChI is InChI=1S/C20H13BrClN3OS2/c21-11-4-1-3-10(7-11)19-23-12(9-27-19)8-14(22)17-24-18(26)16-13-5-2-6-15(13)28-20(16)25-17/h1,3-4,7-9H,2,5-6H2,(H,24,25,26)/b14-8-. The largest absolute Gasteiger partial charge is 0.305 e. The molecule has 1 aliphatic carbocycles. The lowest BCUT2D eigenvalue weighted by Crippen LogP contribution is -2.10. The number of hydrogen-bond acceptors (Lipinski definition) is 5. The number of nitrogens with one attached hydrogen (secondary N) is 1. The summed E-state index contributed by atoms with van der Waals surface area (Å²) in [6.45, 7) is 0. The van der Waals surface area contributed by atoms with Crippen LogP contribution in [-0.2, 0) is 12.8 Å². The fourth-order valence-electron chi connectivity index (χ4n) is 3.42. The van der Waals surface area contributed by atoms with Gasteiger partial charge in [-0.2, -0.15) is 0 Å². The van der Waals surface area contributed by atoms with E-state index in [0.29, 0.717) is 10.9 Å². The second-order valence-electron chi connectivity index (χ2n) is 6.53. The molecular weight excluding hydrogens is 478 g/mol. The Morgan fingerprint density at radius 3 is 3.04 bits per heavy atom. The summed E-state index contributed by atoms with van der Waals surface area (Å²) < 4.78 is 1.01. The molecule has 0 spiro atoms. The van der Waals surface area contributed by atoms with Gasteiger partial charge in [-0.1, -0.05) is 39.7 Å². The van der Waals surface area contributed by atoms with Crippen LogP contribution in [0.4, 0.5) is 0 Å². The van der Waals surface area contributed by atoms with Crippen LogP contribution >= 0.6 is 50.2 Å². The first-order valence-corrected chi connectivity index (χ1v) is 11.6. The number of halogens is 2. The average Bonchev–Trinajstić information content (AvgIpc) is 3.37. The minimum absolute atomic E-state index is 0.112. The summed E-state index contributed by atoms with van der Waals surface area (Å²) in [4.78, 5) is 26.7. The number of thiophene rings is 1. The van der Waals surface area contributed by atoms with Crippen LogP contribution in [-0.4, -0.2) is 15.0 Å². The molecule has 1 N–H and O–H groups in total. The molecule has 28 heavy (non-hydrogen) atoms. The molecule has 0 saturated heterocycles. The molecule has 5 rings (SSSR count). The van der Waals surface area contributed by atoms with E-state index in [9.17, 15) is 4.79 Å². The number of aryl methyl sites for hydroxylation is 2. The lowest BCUT2D eigenvalue weighted by atomic mass is 10.2. The smallest absolute Gasteiger partial charge is 0.260 e. The van der Waals surface area contributed by atoms with E-state index in [4.69, 9.17) is 11.6 Å². The molecule has 0 amide bonds. The van der Waals surface area contributed by atoms with Gasteiger partial charge in [0, 0.05) is 20.3 Å². The van der Waals surface area contributed by atoms with Crippen molar-refractivity contribution in [3.63, 3.8) is 0 Å². The van der Waals surface area contributed by atoms with E-state index < -0.39 is 0 Å². The monoisotopic (exact) mass is 489 g/mol. The Kier molecular flexibility index (Phi) is 4.71. The Hall–Kier alpha value is -1.80. The van der Waals surface area contributed by atoms with Crippen LogP contribution in [0.3, 0.4) is 0 Å². The van der Waals surface area contributed by atoms with Gasteiger partial charge in [0.2, 0.25) is 0 Å². The summed E-state index contributed by atoms with van der Waals surface area (Å²) in [5.74, 6) is 0.385. The fraction of sp³-hybridized carbons (Fsp3) is 0.150. The molecule has 3 heterocycles. The first-order chi connectivity index (χ1) is 13.6. The zero-order valence-corrected chi connectivity index (χ0v) is 18.4. The lowest BCUT2D eigenvalue weighted by molar-refractivity contribution is 0.916. The highest BCUT2D eigenvalue weighted by Gasteiger charge is 2.21. The maximum absolute atomic E-state index is 12.6. The summed E-state index contributed by atoms with van der Waals surface area (Å²) in [5.41, 5.74) is 2.83. The molecular formula is C20H13BrClN3OS2. The predicted molar refractivity (Wildman–Crippen MR) is 121 cm³/mol. The molecule has 1 aliphatic rings. The molecule has 140 valence electrons. The maximum atomic E-state index is 12.6. The molecule has 0 bridgehead atoms. The Morgan fingerprint density at radius 1 is 1.29 bits per heavy atom. The van der Waals surface area contributed by atoms with Crippen LogP contribution in [0.25, 0.3) is 31.9 Å². The summed E-state index contributed by atoms with van der Waals surface area (Å²) >= 11 is 13.1. The number of thiazole rings is 1. The van der Waals surface area contributed by atoms with E-state index >= 15 is 0 Å². The predicted octanol–water partition coefficient (Wildman–Crippen LogP) is 6.10. The lowest BCUT2D eigenvalue weighted by Gasteiger charge is -2.00. The normalized spacial score (nSPS) is 14.0. The van der Waals surface area contributed by atoms with Crippen molar-refractivity contribution in [2.45, 2.75) is 19.3 Å². The molecule has 0 radical (unpaired) electrons. The van der Waals surface area contributed by atoms with Crippen LogP contribution in [0, 0.1) is 0 Å². The number of rotatable bonds is 3. The van der Waals surface area contributed by atoms with Gasteiger partial charge in [0.1, 0.15) is 9.84 Å². The van der Waals surface area contributed by atoms with Crippen molar-refractivity contribution in [2.24, 2.45) is 0 Å². The minimum atomic E-state index is -0.112. The topological polar surface area (TPSA) is 58.6 Å². The molecule has 1 aromatic carbocycles. The number of aromatic amines is 1. The first kappa shape index (κ1) is 18.2. The highest BCUT2D eigenvalue weighted by atomic mass is 79.9. The second-order valence-corrected chi connectivity index (χ2v) is 9.80. The highest BCUT2D eigenvalue weighted by Crippen LogP contribution is 2.35. The van der Waals surface area contributed by atoms with Gasteiger partial charge in [-0.25, -0.2) is 9.97 Å². The van der Waals surface area contributed by atoms with E-state index in [1.807, 2.05) is 29.6 Å². The third-order valence-electron chi connectivity index (χ3n) is 4.67. The number of nitrogens with zero attached hydrogens (tertiary/aromatic N) is 2. The molecule has 0 atom stereocenters. The number of fused-ring (bicyclic) bond motifs is 3. The van der Waals surface area contributed by atoms with E-state index in [0.717, 1.165) is 50.2 Å². The van der Waals surface area contributed by atoms with Crippen molar-refractivity contribution >= 4 is 71.5 Å². The van der Waals surface area contributed by atoms with Gasteiger partial charge in [0.05, 0.1) is 16.1 Å². The van der Waals surface area contributed by atoms with Gasteiger partial charge in [-0.15, -0.1) is 22.7 Å². The summed E-state index contributed by atoms with van der Waals surface area (Å²) in [5, 5.41) is 3.95. The van der Waals surface area contributed by atoms with Gasteiger partial charge in [-0.05, 0) is 43.0 Å². The summed E-state index contributed by atoms with van der Waals surface area (Å²) in [6, 6.07) is 8.00. The molecule has 4 nitrogen and oxygen atoms in total. The molecule has 3 aromatic heterocycles. The van der Waals surface area contributed by atoms with Crippen LogP contribution in [0.5, 0.6) is 0 Å². The van der Waals surface area contributed by atoms with Gasteiger partial charge in [-0.3, -0.25) is 4.79 Å². The molecule has 4 aromatic rings. The summed E-state index contributed by atoms with van der Waals surface area (Å²) in [6.07, 6.45) is 4.85. The van der Waals surface area contributed by atoms with E-state index in [1.165, 1.54) is 10.4 Å². The quantitative estimate of drug-likeness (QED) is 0.378. The van der Waals surface area contributed by atoms with Crippen LogP contribution < -0.4 is 5.56 Å². The van der Waals surface area contributed by atoms with Crippen molar-refractivity contribution in [3.05, 3.63) is 66.4 Å². The Bertz CT molecular complexity index is 1300. The zero-order chi connectivity index (χ0) is 19.3. The number of hydrogen-bond donors (Lipinski definition) is 1. The maximum Gasteiger partial charge on any atom is 0.260 e. The Morgan fingerprint density at radius 2 is 2.18 bits per heavy atom. The Balaban J connectivity index is 1.50. The molecule has 0 aliphatic heterocycles. The van der Waals surface area contributed by atoms with Crippen LogP contribution in [0.15, 0.2) is 38.9 Å². The van der Waals surface area contributed by atoms with Gasteiger partial charge >= 0.3 is 0 Å². The minimum Gasteiger partial charge on any atom is -0.305 e. The molecule has 0 saturated carbocycles. The Labute approximate surface area is 182 Å². The third-order valence-corrected chi connectivity index (χ3v) is 7.55. The molecule has 8 heteroatoms. The van der Waals surface area contributed by atoms with Gasteiger partial charge in [0.15, 0.2) is 5.82 Å². The summed E-state index contributed by atoms with van der Waals surface area (Å²) in [7, 11) is 0. The fourth-order valence-corrected chi connectivity index (χ4v) is 6.06. The van der Waals surface area contributed by atoms with Gasteiger partial charge in [0.25, 0.3) is 5.56 Å².